The highest BCUT2D eigenvalue weighted by Crippen LogP contribution is 2.30. The zero-order chi connectivity index (χ0) is 18.5. The molecule has 2 heteroatoms. The van der Waals surface area contributed by atoms with Gasteiger partial charge in [-0.25, -0.2) is 0 Å². The predicted molar refractivity (Wildman–Crippen MR) is 108 cm³/mol. The average Bonchev–Trinajstić information content (AvgIpc) is 2.72. The van der Waals surface area contributed by atoms with Gasteiger partial charge in [0, 0.05) is 36.1 Å². The number of benzene rings is 1. The Balaban J connectivity index is 2.20. The van der Waals surface area contributed by atoms with E-state index in [1.165, 1.54) is 39.2 Å². The minimum atomic E-state index is 0.0101. The third-order valence-electron chi connectivity index (χ3n) is 5.15. The molecule has 1 aliphatic carbocycles. The van der Waals surface area contributed by atoms with Crippen LogP contribution in [0.2, 0.25) is 0 Å². The van der Waals surface area contributed by atoms with Crippen LogP contribution in [0.5, 0.6) is 0 Å². The van der Waals surface area contributed by atoms with Crippen LogP contribution in [0.25, 0.3) is 0 Å². The summed E-state index contributed by atoms with van der Waals surface area (Å²) in [6, 6.07) is 4.55. The Kier molecular flexibility index (Phi) is 4.18. The second-order valence-electron chi connectivity index (χ2n) is 8.26. The maximum Gasteiger partial charge on any atom is 0.408 e. The van der Waals surface area contributed by atoms with Crippen LogP contribution in [-0.2, 0) is 0 Å². The summed E-state index contributed by atoms with van der Waals surface area (Å²) >= 11 is 0. The largest absolute Gasteiger partial charge is 0.408 e. The molecule has 0 atom stereocenters. The number of allylic oxidation sites excluding steroid dienone is 5. The van der Waals surface area contributed by atoms with E-state index in [4.69, 9.17) is 0 Å². The van der Waals surface area contributed by atoms with Crippen LogP contribution >= 0.6 is 0 Å². The smallest absolute Gasteiger partial charge is 0.135 e. The van der Waals surface area contributed by atoms with E-state index in [0.717, 1.165) is 12.1 Å². The Hall–Kier alpha value is -2.22. The van der Waals surface area contributed by atoms with Gasteiger partial charge in [-0.15, -0.1) is 9.15 Å². The van der Waals surface area contributed by atoms with Crippen molar-refractivity contribution in [1.82, 2.24) is 0 Å². The fourth-order valence-electron chi connectivity index (χ4n) is 4.34. The Bertz CT molecular complexity index is 879. The monoisotopic (exact) mass is 334 g/mol. The molecular weight excluding hydrogens is 304 g/mol. The molecule has 0 saturated heterocycles. The van der Waals surface area contributed by atoms with Gasteiger partial charge in [0.25, 0.3) is 0 Å². The van der Waals surface area contributed by atoms with Gasteiger partial charge in [0.2, 0.25) is 23.5 Å². The van der Waals surface area contributed by atoms with Crippen molar-refractivity contribution in [2.45, 2.75) is 54.0 Å². The molecule has 25 heavy (non-hydrogen) atoms. The molecule has 130 valence electrons. The van der Waals surface area contributed by atoms with Gasteiger partial charge in [-0.2, -0.15) is 0 Å². The average molecular weight is 335 g/mol. The van der Waals surface area contributed by atoms with Crippen LogP contribution < -0.4 is 0 Å². The van der Waals surface area contributed by atoms with Gasteiger partial charge < -0.3 is 0 Å². The van der Waals surface area contributed by atoms with Crippen LogP contribution in [0.15, 0.2) is 47.6 Å². The van der Waals surface area contributed by atoms with Crippen molar-refractivity contribution in [3.8, 4) is 0 Å². The molecule has 2 aliphatic rings. The Morgan fingerprint density at radius 2 is 1.56 bits per heavy atom. The fourth-order valence-corrected chi connectivity index (χ4v) is 4.34. The molecule has 2 nitrogen and oxygen atoms in total. The first-order chi connectivity index (χ1) is 11.6. The summed E-state index contributed by atoms with van der Waals surface area (Å²) in [4.78, 5) is 0. The van der Waals surface area contributed by atoms with Gasteiger partial charge in [-0.05, 0) is 64.5 Å². The summed E-state index contributed by atoms with van der Waals surface area (Å²) in [6.45, 7) is 20.8. The summed E-state index contributed by atoms with van der Waals surface area (Å²) < 4.78 is 4.81. The van der Waals surface area contributed by atoms with E-state index in [-0.39, 0.29) is 5.54 Å². The molecule has 1 aromatic carbocycles. The van der Waals surface area contributed by atoms with E-state index in [9.17, 15) is 0 Å². The lowest BCUT2D eigenvalue weighted by molar-refractivity contribution is -0.474. The molecule has 0 N–H and O–H groups in total. The fraction of sp³-hybridized carbons (Fsp3) is 0.391. The molecule has 0 spiro atoms. The highest BCUT2D eigenvalue weighted by atomic mass is 15.3. The van der Waals surface area contributed by atoms with Gasteiger partial charge in [0.1, 0.15) is 0 Å². The third-order valence-corrected chi connectivity index (χ3v) is 5.15. The van der Waals surface area contributed by atoms with E-state index in [1.54, 1.807) is 0 Å². The molecule has 0 radical (unpaired) electrons. The quantitative estimate of drug-likeness (QED) is 0.638. The van der Waals surface area contributed by atoms with Crippen molar-refractivity contribution >= 4 is 17.7 Å². The number of hydrogen-bond donors (Lipinski definition) is 0. The van der Waals surface area contributed by atoms with E-state index in [2.05, 4.69) is 94.8 Å². The molecule has 0 aromatic heterocycles. The summed E-state index contributed by atoms with van der Waals surface area (Å²) in [7, 11) is 0. The second-order valence-corrected chi connectivity index (χ2v) is 8.26. The minimum Gasteiger partial charge on any atom is -0.135 e. The lowest BCUT2D eigenvalue weighted by atomic mass is 9.93. The first kappa shape index (κ1) is 17.6. The van der Waals surface area contributed by atoms with E-state index < -0.39 is 0 Å². The van der Waals surface area contributed by atoms with Gasteiger partial charge in [-0.1, -0.05) is 12.1 Å². The molecule has 0 unspecified atom stereocenters. The third kappa shape index (κ3) is 3.06. The van der Waals surface area contributed by atoms with Crippen molar-refractivity contribution in [3.63, 3.8) is 0 Å². The zero-order valence-electron chi connectivity index (χ0n) is 16.7. The van der Waals surface area contributed by atoms with Crippen molar-refractivity contribution in [1.29, 1.82) is 0 Å². The van der Waals surface area contributed by atoms with Crippen molar-refractivity contribution in [3.05, 3.63) is 64.3 Å². The second kappa shape index (κ2) is 5.94. The van der Waals surface area contributed by atoms with E-state index in [0.29, 0.717) is 0 Å². The van der Waals surface area contributed by atoms with Crippen molar-refractivity contribution in [2.75, 3.05) is 6.54 Å². The van der Waals surface area contributed by atoms with E-state index in [1.807, 2.05) is 0 Å². The van der Waals surface area contributed by atoms with Gasteiger partial charge in [-0.3, -0.25) is 0 Å². The highest BCUT2D eigenvalue weighted by Gasteiger charge is 2.47. The van der Waals surface area contributed by atoms with Crippen LogP contribution in [-0.4, -0.2) is 33.3 Å². The Morgan fingerprint density at radius 1 is 0.960 bits per heavy atom. The van der Waals surface area contributed by atoms with Crippen molar-refractivity contribution < 1.29 is 9.15 Å². The number of aryl methyl sites for hydroxylation is 3. The maximum atomic E-state index is 4.32. The standard InChI is InChI=1S/C23H30N2/c1-15-9-17(3)21(18(4)10-15)24-13-23(7,8)25(14-24)22-19(5)11-16(2)12-20(22)6/h9-12,14H,5,13H2,1-4,6-8H3/q+2. The Morgan fingerprint density at radius 3 is 2.12 bits per heavy atom. The summed E-state index contributed by atoms with van der Waals surface area (Å²) in [5, 5.41) is 0. The molecule has 0 saturated carbocycles. The molecule has 1 heterocycles. The van der Waals surface area contributed by atoms with Crippen LogP contribution in [0, 0.1) is 20.8 Å². The van der Waals surface area contributed by atoms with Gasteiger partial charge >= 0.3 is 6.34 Å². The molecular formula is C23H30N2+2. The normalized spacial score (nSPS) is 22.7. The summed E-state index contributed by atoms with van der Waals surface area (Å²) in [6.07, 6.45) is 6.70. The SMILES string of the molecule is C=C1C=C(C)C=C(C)C1=[N+]1C=[N+](c2c(C)cc(C)cc2C)CC1(C)C. The molecule has 1 aliphatic heterocycles. The first-order valence-electron chi connectivity index (χ1n) is 9.02. The van der Waals surface area contributed by atoms with Crippen LogP contribution in [0.3, 0.4) is 0 Å². The lowest BCUT2D eigenvalue weighted by Crippen LogP contribution is -2.39. The number of rotatable bonds is 1. The number of nitrogens with zero attached hydrogens (tertiary/aromatic N) is 2. The summed E-state index contributed by atoms with van der Waals surface area (Å²) in [5.41, 5.74) is 10.2. The minimum absolute atomic E-state index is 0.0101. The Labute approximate surface area is 152 Å². The number of hydrogen-bond acceptors (Lipinski definition) is 0. The predicted octanol–water partition coefficient (Wildman–Crippen LogP) is 4.99. The molecule has 1 aromatic rings. The van der Waals surface area contributed by atoms with Gasteiger partial charge in [0.05, 0.1) is 0 Å². The van der Waals surface area contributed by atoms with Crippen LogP contribution in [0.4, 0.5) is 5.69 Å². The van der Waals surface area contributed by atoms with Crippen LogP contribution in [0.1, 0.15) is 44.4 Å². The first-order valence-corrected chi connectivity index (χ1v) is 9.02. The highest BCUT2D eigenvalue weighted by molar-refractivity contribution is 6.12. The zero-order valence-corrected chi connectivity index (χ0v) is 16.7. The topological polar surface area (TPSA) is 6.02 Å². The lowest BCUT2D eigenvalue weighted by Gasteiger charge is -2.16. The molecule has 0 fully saturated rings. The van der Waals surface area contributed by atoms with E-state index >= 15 is 0 Å². The maximum absolute atomic E-state index is 4.32. The summed E-state index contributed by atoms with van der Waals surface area (Å²) in [5.74, 6) is 0. The molecule has 0 bridgehead atoms. The van der Waals surface area contributed by atoms with Gasteiger partial charge in [0.15, 0.2) is 0 Å². The molecule has 0 amide bonds. The van der Waals surface area contributed by atoms with Crippen molar-refractivity contribution in [2.24, 2.45) is 0 Å². The molecule has 3 rings (SSSR count).